The molecule has 0 radical (unpaired) electrons. The molecule has 4 rings (SSSR count). The summed E-state index contributed by atoms with van der Waals surface area (Å²) in [4.78, 5) is 35.7. The molecular formula is C19H16BrN3O4. The van der Waals surface area contributed by atoms with E-state index in [1.165, 1.54) is 4.57 Å². The molecule has 1 aromatic heterocycles. The topological polar surface area (TPSA) is 93.3 Å². The number of imidazole rings is 1. The zero-order chi connectivity index (χ0) is 19.1. The predicted octanol–water partition coefficient (Wildman–Crippen LogP) is 2.58. The number of carbonyl (C=O) groups is 2. The number of aryl methyl sites for hydroxylation is 1. The van der Waals surface area contributed by atoms with Crippen LogP contribution in [0.3, 0.4) is 0 Å². The van der Waals surface area contributed by atoms with Gasteiger partial charge < -0.3 is 10.4 Å². The van der Waals surface area contributed by atoms with Crippen LogP contribution < -0.4 is 11.0 Å². The van der Waals surface area contributed by atoms with Crippen molar-refractivity contribution in [2.24, 2.45) is 0 Å². The van der Waals surface area contributed by atoms with E-state index >= 15 is 0 Å². The number of carboxylic acids is 1. The standard InChI is InChI=1S/C19H16BrN3O4/c20-12-7-11(13-9-17(24)21-14(13)8-12)10-23-16-4-2-1-3-15(16)22(19(23)27)6-5-18(25)26/h1-4,7-8H,5-6,9-10H2,(H,21,24)(H,25,26). The van der Waals surface area contributed by atoms with Crippen molar-refractivity contribution in [3.63, 3.8) is 0 Å². The summed E-state index contributed by atoms with van der Waals surface area (Å²) in [6.45, 7) is 0.411. The lowest BCUT2D eigenvalue weighted by Gasteiger charge is -2.10. The van der Waals surface area contributed by atoms with Crippen molar-refractivity contribution in [1.29, 1.82) is 0 Å². The first-order valence-electron chi connectivity index (χ1n) is 8.45. The number of para-hydroxylation sites is 2. The molecule has 2 aromatic carbocycles. The number of amides is 1. The van der Waals surface area contributed by atoms with E-state index in [-0.39, 0.29) is 31.0 Å². The van der Waals surface area contributed by atoms with Crippen LogP contribution in [-0.4, -0.2) is 26.1 Å². The number of hydrogen-bond donors (Lipinski definition) is 2. The molecule has 2 N–H and O–H groups in total. The number of anilines is 1. The summed E-state index contributed by atoms with van der Waals surface area (Å²) in [6.07, 6.45) is 0.156. The SMILES string of the molecule is O=C(O)CCn1c(=O)n(Cc2cc(Br)cc3c2CC(=O)N3)c2ccccc21. The van der Waals surface area contributed by atoms with E-state index in [0.717, 1.165) is 26.8 Å². The molecule has 0 atom stereocenters. The number of halogens is 1. The summed E-state index contributed by atoms with van der Waals surface area (Å²) in [5, 5.41) is 11.8. The Labute approximate surface area is 162 Å². The minimum Gasteiger partial charge on any atom is -0.481 e. The molecule has 0 bridgehead atoms. The highest BCUT2D eigenvalue weighted by molar-refractivity contribution is 9.10. The largest absolute Gasteiger partial charge is 0.481 e. The summed E-state index contributed by atoms with van der Waals surface area (Å²) in [5.74, 6) is -1.02. The van der Waals surface area contributed by atoms with Gasteiger partial charge in [0.1, 0.15) is 0 Å². The van der Waals surface area contributed by atoms with Gasteiger partial charge in [-0.2, -0.15) is 0 Å². The quantitative estimate of drug-likeness (QED) is 0.651. The van der Waals surface area contributed by atoms with Crippen molar-refractivity contribution in [2.45, 2.75) is 25.9 Å². The Morgan fingerprint density at radius 2 is 1.85 bits per heavy atom. The zero-order valence-corrected chi connectivity index (χ0v) is 15.8. The van der Waals surface area contributed by atoms with E-state index in [1.807, 2.05) is 36.4 Å². The first kappa shape index (κ1) is 17.5. The van der Waals surface area contributed by atoms with Gasteiger partial charge in [-0.05, 0) is 35.4 Å². The van der Waals surface area contributed by atoms with E-state index in [1.54, 1.807) is 4.57 Å². The van der Waals surface area contributed by atoms with Gasteiger partial charge in [-0.1, -0.05) is 28.1 Å². The van der Waals surface area contributed by atoms with Gasteiger partial charge in [0.15, 0.2) is 0 Å². The van der Waals surface area contributed by atoms with Crippen LogP contribution in [-0.2, 0) is 29.1 Å². The van der Waals surface area contributed by atoms with Crippen LogP contribution in [0.1, 0.15) is 17.5 Å². The van der Waals surface area contributed by atoms with E-state index in [9.17, 15) is 14.4 Å². The second-order valence-corrected chi connectivity index (χ2v) is 7.38. The minimum atomic E-state index is -0.951. The second kappa shape index (κ2) is 6.70. The highest BCUT2D eigenvalue weighted by Crippen LogP contribution is 2.31. The molecule has 138 valence electrons. The third kappa shape index (κ3) is 3.16. The van der Waals surface area contributed by atoms with Gasteiger partial charge in [0.25, 0.3) is 0 Å². The molecule has 1 amide bonds. The maximum absolute atomic E-state index is 13.0. The van der Waals surface area contributed by atoms with Crippen molar-refractivity contribution in [1.82, 2.24) is 9.13 Å². The van der Waals surface area contributed by atoms with E-state index in [0.29, 0.717) is 12.1 Å². The molecule has 2 heterocycles. The van der Waals surface area contributed by atoms with Gasteiger partial charge in [0, 0.05) is 16.7 Å². The fourth-order valence-corrected chi connectivity index (χ4v) is 4.03. The molecule has 0 unspecified atom stereocenters. The fraction of sp³-hybridized carbons (Fsp3) is 0.211. The summed E-state index contributed by atoms with van der Waals surface area (Å²) in [5.41, 5.74) is 3.69. The van der Waals surface area contributed by atoms with Gasteiger partial charge in [0.05, 0.1) is 30.4 Å². The lowest BCUT2D eigenvalue weighted by molar-refractivity contribution is -0.137. The van der Waals surface area contributed by atoms with Crippen LogP contribution in [0.4, 0.5) is 5.69 Å². The monoisotopic (exact) mass is 429 g/mol. The van der Waals surface area contributed by atoms with Crippen molar-refractivity contribution in [2.75, 3.05) is 5.32 Å². The summed E-state index contributed by atoms with van der Waals surface area (Å²) in [6, 6.07) is 11.1. The maximum atomic E-state index is 13.0. The number of nitrogens with zero attached hydrogens (tertiary/aromatic N) is 2. The van der Waals surface area contributed by atoms with Gasteiger partial charge in [-0.15, -0.1) is 0 Å². The van der Waals surface area contributed by atoms with Crippen LogP contribution in [0.5, 0.6) is 0 Å². The molecule has 0 saturated heterocycles. The van der Waals surface area contributed by atoms with Crippen molar-refractivity contribution in [3.8, 4) is 0 Å². The van der Waals surface area contributed by atoms with Crippen molar-refractivity contribution >= 4 is 44.5 Å². The van der Waals surface area contributed by atoms with E-state index in [2.05, 4.69) is 21.2 Å². The van der Waals surface area contributed by atoms with Gasteiger partial charge in [-0.25, -0.2) is 4.79 Å². The fourth-order valence-electron chi connectivity index (χ4n) is 3.53. The third-order valence-electron chi connectivity index (χ3n) is 4.72. The van der Waals surface area contributed by atoms with Crippen LogP contribution in [0.15, 0.2) is 45.7 Å². The Morgan fingerprint density at radius 1 is 1.15 bits per heavy atom. The number of hydrogen-bond acceptors (Lipinski definition) is 3. The molecule has 3 aromatic rings. The Kier molecular flexibility index (Phi) is 4.35. The Balaban J connectivity index is 1.82. The zero-order valence-electron chi connectivity index (χ0n) is 14.2. The average molecular weight is 430 g/mol. The van der Waals surface area contributed by atoms with Crippen LogP contribution in [0, 0.1) is 0 Å². The molecule has 0 aliphatic carbocycles. The molecule has 0 spiro atoms. The summed E-state index contributed by atoms with van der Waals surface area (Å²) >= 11 is 3.45. The third-order valence-corrected chi connectivity index (χ3v) is 5.18. The molecule has 0 saturated carbocycles. The highest BCUT2D eigenvalue weighted by Gasteiger charge is 2.23. The minimum absolute atomic E-state index is 0.0689. The molecule has 1 aliphatic heterocycles. The lowest BCUT2D eigenvalue weighted by atomic mass is 10.0. The number of nitrogens with one attached hydrogen (secondary N) is 1. The average Bonchev–Trinajstić information content (AvgIpc) is 3.11. The number of carboxylic acid groups (broad SMARTS) is 1. The number of carbonyl (C=O) groups excluding carboxylic acids is 1. The van der Waals surface area contributed by atoms with Gasteiger partial charge in [-0.3, -0.25) is 18.7 Å². The predicted molar refractivity (Wildman–Crippen MR) is 104 cm³/mol. The first-order chi connectivity index (χ1) is 12.9. The number of aliphatic carboxylic acids is 1. The number of benzene rings is 2. The molecule has 1 aliphatic rings. The summed E-state index contributed by atoms with van der Waals surface area (Å²) in [7, 11) is 0. The number of rotatable bonds is 5. The smallest absolute Gasteiger partial charge is 0.329 e. The van der Waals surface area contributed by atoms with Crippen molar-refractivity contribution < 1.29 is 14.7 Å². The molecular weight excluding hydrogens is 414 g/mol. The van der Waals surface area contributed by atoms with Gasteiger partial charge >= 0.3 is 11.7 Å². The highest BCUT2D eigenvalue weighted by atomic mass is 79.9. The van der Waals surface area contributed by atoms with E-state index < -0.39 is 5.97 Å². The van der Waals surface area contributed by atoms with Crippen LogP contribution in [0.2, 0.25) is 0 Å². The molecule has 8 heteroatoms. The lowest BCUT2D eigenvalue weighted by Crippen LogP contribution is -2.26. The second-order valence-electron chi connectivity index (χ2n) is 6.47. The van der Waals surface area contributed by atoms with E-state index in [4.69, 9.17) is 5.11 Å². The van der Waals surface area contributed by atoms with Crippen LogP contribution in [0.25, 0.3) is 11.0 Å². The molecule has 27 heavy (non-hydrogen) atoms. The Morgan fingerprint density at radius 3 is 2.56 bits per heavy atom. The normalized spacial score (nSPS) is 13.0. The number of aromatic nitrogens is 2. The number of fused-ring (bicyclic) bond motifs is 2. The summed E-state index contributed by atoms with van der Waals surface area (Å²) < 4.78 is 3.94. The Hall–Kier alpha value is -2.87. The maximum Gasteiger partial charge on any atom is 0.329 e. The van der Waals surface area contributed by atoms with Gasteiger partial charge in [0.2, 0.25) is 5.91 Å². The first-order valence-corrected chi connectivity index (χ1v) is 9.24. The molecule has 0 fully saturated rings. The van der Waals surface area contributed by atoms with Crippen molar-refractivity contribution in [3.05, 3.63) is 62.5 Å². The Bertz CT molecular complexity index is 1150. The van der Waals surface area contributed by atoms with Crippen LogP contribution >= 0.6 is 15.9 Å². The molecule has 7 nitrogen and oxygen atoms in total.